The topological polar surface area (TPSA) is 67.5 Å². The number of aliphatic imine (C=N–C) groups is 1. The van der Waals surface area contributed by atoms with Crippen molar-refractivity contribution in [2.45, 2.75) is 52.2 Å². The van der Waals surface area contributed by atoms with Crippen molar-refractivity contribution in [3.05, 3.63) is 51.2 Å². The summed E-state index contributed by atoms with van der Waals surface area (Å²) in [7, 11) is 2.01. The zero-order valence-corrected chi connectivity index (χ0v) is 20.2. The lowest BCUT2D eigenvalue weighted by atomic mass is 10.2. The van der Waals surface area contributed by atoms with E-state index in [1.54, 1.807) is 4.68 Å². The molecule has 0 saturated heterocycles. The van der Waals surface area contributed by atoms with Crippen molar-refractivity contribution in [1.29, 1.82) is 0 Å². The van der Waals surface area contributed by atoms with Gasteiger partial charge in [-0.05, 0) is 43.9 Å². The molecule has 0 saturated carbocycles. The molecule has 0 atom stereocenters. The highest BCUT2D eigenvalue weighted by Crippen LogP contribution is 2.12. The predicted molar refractivity (Wildman–Crippen MR) is 128 cm³/mol. The average molecular weight is 533 g/mol. The molecule has 1 N–H and O–H groups in total. The first-order valence-electron chi connectivity index (χ1n) is 9.99. The molecule has 0 unspecified atom stereocenters. The monoisotopic (exact) mass is 532 g/mol. The van der Waals surface area contributed by atoms with Crippen LogP contribution in [-0.2, 0) is 26.1 Å². The van der Waals surface area contributed by atoms with E-state index in [1.165, 1.54) is 0 Å². The van der Waals surface area contributed by atoms with Crippen LogP contribution in [0.5, 0.6) is 0 Å². The van der Waals surface area contributed by atoms with E-state index < -0.39 is 0 Å². The fourth-order valence-electron chi connectivity index (χ4n) is 3.45. The van der Waals surface area contributed by atoms with Gasteiger partial charge in [0.1, 0.15) is 5.82 Å². The third kappa shape index (κ3) is 6.47. The van der Waals surface area contributed by atoms with Crippen molar-refractivity contribution in [2.24, 2.45) is 4.99 Å². The third-order valence-electron chi connectivity index (χ3n) is 4.83. The van der Waals surface area contributed by atoms with Gasteiger partial charge in [0.2, 0.25) is 0 Å². The molecule has 0 fully saturated rings. The van der Waals surface area contributed by atoms with Crippen LogP contribution < -0.4 is 11.0 Å². The number of nitrogens with zero attached hydrogens (tertiary/aromatic N) is 5. The van der Waals surface area contributed by atoms with Gasteiger partial charge in [-0.3, -0.25) is 9.56 Å². The smallest absolute Gasteiger partial charge is 0.345 e. The van der Waals surface area contributed by atoms with Crippen LogP contribution in [0, 0.1) is 0 Å². The first kappa shape index (κ1) is 23.7. The first-order chi connectivity index (χ1) is 13.6. The van der Waals surface area contributed by atoms with E-state index in [1.807, 2.05) is 29.8 Å². The van der Waals surface area contributed by atoms with Crippen molar-refractivity contribution < 1.29 is 0 Å². The third-order valence-corrected chi connectivity index (χ3v) is 5.06. The standard InChI is InChI=1S/C20H29ClN6O.HI/c1-3-22-19(25(2)15-16-8-6-9-17(21)14-16)23-11-7-13-27-20(28)26-12-5-4-10-18(26)24-27;/h6,8-9,14H,3-5,7,10-13,15H2,1-2H3,(H,22,23);1H. The Morgan fingerprint density at radius 1 is 1.38 bits per heavy atom. The van der Waals surface area contributed by atoms with Gasteiger partial charge in [-0.25, -0.2) is 9.48 Å². The molecule has 0 bridgehead atoms. The molecule has 29 heavy (non-hydrogen) atoms. The van der Waals surface area contributed by atoms with Crippen LogP contribution in [0.4, 0.5) is 0 Å². The van der Waals surface area contributed by atoms with E-state index in [-0.39, 0.29) is 29.7 Å². The number of fused-ring (bicyclic) bond motifs is 1. The van der Waals surface area contributed by atoms with Crippen LogP contribution in [0.15, 0.2) is 34.1 Å². The minimum Gasteiger partial charge on any atom is -0.357 e. The van der Waals surface area contributed by atoms with Gasteiger partial charge in [0, 0.05) is 51.2 Å². The summed E-state index contributed by atoms with van der Waals surface area (Å²) in [6.07, 6.45) is 3.86. The van der Waals surface area contributed by atoms with Crippen LogP contribution in [0.3, 0.4) is 0 Å². The lowest BCUT2D eigenvalue weighted by Gasteiger charge is -2.22. The van der Waals surface area contributed by atoms with Crippen molar-refractivity contribution in [2.75, 3.05) is 20.1 Å². The number of guanidine groups is 1. The van der Waals surface area contributed by atoms with Gasteiger partial charge in [0.05, 0.1) is 0 Å². The van der Waals surface area contributed by atoms with Crippen LogP contribution in [0.1, 0.15) is 37.6 Å². The molecule has 0 radical (unpaired) electrons. The highest BCUT2D eigenvalue weighted by Gasteiger charge is 2.16. The Balaban J connectivity index is 0.00000300. The molecule has 0 amide bonds. The highest BCUT2D eigenvalue weighted by molar-refractivity contribution is 14.0. The number of aromatic nitrogens is 3. The fraction of sp³-hybridized carbons (Fsp3) is 0.550. The molecule has 160 valence electrons. The maximum Gasteiger partial charge on any atom is 0.345 e. The summed E-state index contributed by atoms with van der Waals surface area (Å²) < 4.78 is 3.41. The largest absolute Gasteiger partial charge is 0.357 e. The number of nitrogens with one attached hydrogen (secondary N) is 1. The minimum atomic E-state index is 0. The van der Waals surface area contributed by atoms with Crippen LogP contribution in [-0.4, -0.2) is 45.3 Å². The SMILES string of the molecule is CCNC(=NCCCn1nc2n(c1=O)CCCC2)N(C)Cc1cccc(Cl)c1.I. The van der Waals surface area contributed by atoms with E-state index in [4.69, 9.17) is 16.6 Å². The van der Waals surface area contributed by atoms with Gasteiger partial charge >= 0.3 is 5.69 Å². The summed E-state index contributed by atoms with van der Waals surface area (Å²) in [6.45, 7) is 5.60. The fourth-order valence-corrected chi connectivity index (χ4v) is 3.67. The number of halogens is 2. The minimum absolute atomic E-state index is 0. The average Bonchev–Trinajstić information content (AvgIpc) is 3.00. The molecule has 9 heteroatoms. The Hall–Kier alpha value is -1.55. The molecule has 1 aromatic carbocycles. The lowest BCUT2D eigenvalue weighted by Crippen LogP contribution is -2.38. The second-order valence-corrected chi connectivity index (χ2v) is 7.54. The Morgan fingerprint density at radius 2 is 2.21 bits per heavy atom. The Labute approximate surface area is 194 Å². The van der Waals surface area contributed by atoms with Crippen LogP contribution >= 0.6 is 35.6 Å². The molecule has 0 aliphatic carbocycles. The summed E-state index contributed by atoms with van der Waals surface area (Å²) in [5.74, 6) is 1.77. The number of hydrogen-bond acceptors (Lipinski definition) is 3. The molecule has 2 aromatic rings. The molecular formula is C20H30ClIN6O. The van der Waals surface area contributed by atoms with E-state index >= 15 is 0 Å². The number of benzene rings is 1. The molecule has 1 aromatic heterocycles. The normalized spacial score (nSPS) is 13.6. The van der Waals surface area contributed by atoms with Crippen molar-refractivity contribution in [1.82, 2.24) is 24.6 Å². The van der Waals surface area contributed by atoms with Gasteiger partial charge in [0.15, 0.2) is 5.96 Å². The van der Waals surface area contributed by atoms with Crippen molar-refractivity contribution in [3.63, 3.8) is 0 Å². The zero-order chi connectivity index (χ0) is 19.9. The molecular weight excluding hydrogens is 503 g/mol. The number of rotatable bonds is 7. The van der Waals surface area contributed by atoms with E-state index in [0.717, 1.165) is 67.7 Å². The summed E-state index contributed by atoms with van der Waals surface area (Å²) in [5.41, 5.74) is 1.15. The number of aryl methyl sites for hydroxylation is 2. The molecule has 1 aliphatic rings. The zero-order valence-electron chi connectivity index (χ0n) is 17.1. The van der Waals surface area contributed by atoms with Crippen LogP contribution in [0.25, 0.3) is 0 Å². The van der Waals surface area contributed by atoms with E-state index in [2.05, 4.69) is 28.3 Å². The summed E-state index contributed by atoms with van der Waals surface area (Å²) >= 11 is 6.08. The maximum absolute atomic E-state index is 12.4. The second-order valence-electron chi connectivity index (χ2n) is 7.11. The molecule has 0 spiro atoms. The first-order valence-corrected chi connectivity index (χ1v) is 10.4. The van der Waals surface area contributed by atoms with Gasteiger partial charge in [-0.2, -0.15) is 5.10 Å². The van der Waals surface area contributed by atoms with Crippen LogP contribution in [0.2, 0.25) is 5.02 Å². The Bertz CT molecular complexity index is 878. The number of hydrogen-bond donors (Lipinski definition) is 1. The molecule has 1 aliphatic heterocycles. The van der Waals surface area contributed by atoms with Gasteiger partial charge in [-0.1, -0.05) is 23.7 Å². The molecule has 7 nitrogen and oxygen atoms in total. The van der Waals surface area contributed by atoms with Gasteiger partial charge < -0.3 is 10.2 Å². The van der Waals surface area contributed by atoms with Crippen molar-refractivity contribution in [3.8, 4) is 0 Å². The Kier molecular flexibility index (Phi) is 9.48. The van der Waals surface area contributed by atoms with E-state index in [9.17, 15) is 4.79 Å². The Morgan fingerprint density at radius 3 is 2.93 bits per heavy atom. The molecule has 2 heterocycles. The highest BCUT2D eigenvalue weighted by atomic mass is 127. The summed E-state index contributed by atoms with van der Waals surface area (Å²) in [4.78, 5) is 19.2. The summed E-state index contributed by atoms with van der Waals surface area (Å²) in [5, 5.41) is 8.54. The second kappa shape index (κ2) is 11.6. The van der Waals surface area contributed by atoms with Gasteiger partial charge in [-0.15, -0.1) is 24.0 Å². The lowest BCUT2D eigenvalue weighted by molar-refractivity contribution is 0.474. The van der Waals surface area contributed by atoms with Crippen molar-refractivity contribution >= 4 is 41.5 Å². The summed E-state index contributed by atoms with van der Waals surface area (Å²) in [6, 6.07) is 7.85. The van der Waals surface area contributed by atoms with E-state index in [0.29, 0.717) is 13.1 Å². The van der Waals surface area contributed by atoms with Gasteiger partial charge in [0.25, 0.3) is 0 Å². The predicted octanol–water partition coefficient (Wildman–Crippen LogP) is 3.14. The quantitative estimate of drug-likeness (QED) is 0.258. The molecule has 3 rings (SSSR count). The maximum atomic E-state index is 12.4.